The van der Waals surface area contributed by atoms with Crippen LogP contribution in [-0.2, 0) is 12.0 Å². The number of benzene rings is 2. The number of aliphatic hydroxyl groups is 1. The average Bonchev–Trinajstić information content (AvgIpc) is 2.62. The molecule has 130 valence electrons. The fourth-order valence-corrected chi connectivity index (χ4v) is 3.35. The van der Waals surface area contributed by atoms with Crippen LogP contribution in [0.1, 0.15) is 56.7 Å². The van der Waals surface area contributed by atoms with Crippen LogP contribution in [0.25, 0.3) is 11.1 Å². The molecule has 0 aliphatic heterocycles. The molecule has 0 aliphatic carbocycles. The molecule has 0 saturated carbocycles. The Morgan fingerprint density at radius 2 is 1.67 bits per heavy atom. The molecule has 0 aliphatic rings. The van der Waals surface area contributed by atoms with Gasteiger partial charge in [0.1, 0.15) is 0 Å². The molecular formula is C22H31NO. The fourth-order valence-electron chi connectivity index (χ4n) is 3.35. The highest BCUT2D eigenvalue weighted by atomic mass is 16.3. The van der Waals surface area contributed by atoms with E-state index in [1.165, 1.54) is 22.3 Å². The molecule has 0 amide bonds. The summed E-state index contributed by atoms with van der Waals surface area (Å²) in [6.45, 7) is 8.47. The summed E-state index contributed by atoms with van der Waals surface area (Å²) in [6.07, 6.45) is 3.60. The van der Waals surface area contributed by atoms with Gasteiger partial charge in [0.25, 0.3) is 0 Å². The van der Waals surface area contributed by atoms with E-state index in [1.807, 2.05) is 7.05 Å². The second-order valence-electron chi connectivity index (χ2n) is 6.64. The third kappa shape index (κ3) is 3.64. The summed E-state index contributed by atoms with van der Waals surface area (Å²) < 4.78 is 0. The third-order valence-electron chi connectivity index (χ3n) is 5.15. The number of hydrogen-bond donors (Lipinski definition) is 2. The molecule has 0 saturated heterocycles. The highest BCUT2D eigenvalue weighted by Gasteiger charge is 2.25. The maximum absolute atomic E-state index is 10.9. The first-order valence-electron chi connectivity index (χ1n) is 9.13. The van der Waals surface area contributed by atoms with Crippen molar-refractivity contribution in [2.45, 2.75) is 59.0 Å². The summed E-state index contributed by atoms with van der Waals surface area (Å²) in [6, 6.07) is 13.0. The summed E-state index contributed by atoms with van der Waals surface area (Å²) in [5.41, 5.74) is 6.61. The van der Waals surface area contributed by atoms with E-state index in [2.05, 4.69) is 69.4 Å². The van der Waals surface area contributed by atoms with Crippen LogP contribution in [0.3, 0.4) is 0 Å². The molecule has 24 heavy (non-hydrogen) atoms. The molecule has 0 spiro atoms. The van der Waals surface area contributed by atoms with Crippen LogP contribution >= 0.6 is 0 Å². The highest BCUT2D eigenvalue weighted by molar-refractivity contribution is 5.74. The van der Waals surface area contributed by atoms with Crippen LogP contribution in [0.2, 0.25) is 0 Å². The van der Waals surface area contributed by atoms with Gasteiger partial charge in [0.15, 0.2) is 0 Å². The van der Waals surface area contributed by atoms with Gasteiger partial charge in [-0.1, -0.05) is 51.5 Å². The van der Waals surface area contributed by atoms with E-state index < -0.39 is 5.60 Å². The van der Waals surface area contributed by atoms with E-state index in [1.54, 1.807) is 0 Å². The highest BCUT2D eigenvalue weighted by Crippen LogP contribution is 2.35. The molecule has 2 N–H and O–H groups in total. The summed E-state index contributed by atoms with van der Waals surface area (Å²) in [4.78, 5) is 0. The van der Waals surface area contributed by atoms with Crippen molar-refractivity contribution in [3.8, 4) is 11.1 Å². The monoisotopic (exact) mass is 325 g/mol. The van der Waals surface area contributed by atoms with Gasteiger partial charge in [-0.25, -0.2) is 0 Å². The quantitative estimate of drug-likeness (QED) is 0.688. The first-order valence-corrected chi connectivity index (χ1v) is 9.13. The first-order chi connectivity index (χ1) is 11.5. The topological polar surface area (TPSA) is 32.3 Å². The first kappa shape index (κ1) is 18.5. The standard InChI is InChI=1S/C22H31NO/c1-6-9-17-14-18(22(24,7-2)8-3)11-13-20(17)21-15-19(23-5)12-10-16(21)4/h10-15,23-24H,6-9H2,1-5H3. The summed E-state index contributed by atoms with van der Waals surface area (Å²) >= 11 is 0. The second-order valence-corrected chi connectivity index (χ2v) is 6.64. The molecule has 0 atom stereocenters. The Hall–Kier alpha value is -1.80. The van der Waals surface area contributed by atoms with Gasteiger partial charge in [0, 0.05) is 12.7 Å². The molecule has 0 fully saturated rings. The van der Waals surface area contributed by atoms with E-state index in [0.29, 0.717) is 0 Å². The lowest BCUT2D eigenvalue weighted by Gasteiger charge is -2.27. The molecule has 0 heterocycles. The van der Waals surface area contributed by atoms with Crippen LogP contribution < -0.4 is 5.32 Å². The zero-order valence-corrected chi connectivity index (χ0v) is 15.7. The summed E-state index contributed by atoms with van der Waals surface area (Å²) in [5.74, 6) is 0. The van der Waals surface area contributed by atoms with E-state index in [9.17, 15) is 5.11 Å². The predicted octanol–water partition coefficient (Wildman–Crippen LogP) is 5.66. The van der Waals surface area contributed by atoms with E-state index in [4.69, 9.17) is 0 Å². The number of anilines is 1. The van der Waals surface area contributed by atoms with Gasteiger partial charge in [-0.3, -0.25) is 0 Å². The lowest BCUT2D eigenvalue weighted by atomic mass is 9.84. The Bertz CT molecular complexity index is 686. The maximum Gasteiger partial charge on any atom is 0.0891 e. The Labute approximate surface area is 146 Å². The molecule has 2 rings (SSSR count). The van der Waals surface area contributed by atoms with E-state index in [0.717, 1.165) is 36.9 Å². The fraction of sp³-hybridized carbons (Fsp3) is 0.455. The molecule has 2 nitrogen and oxygen atoms in total. The SMILES string of the molecule is CCCc1cc(C(O)(CC)CC)ccc1-c1cc(NC)ccc1C. The van der Waals surface area contributed by atoms with Crippen molar-refractivity contribution in [2.75, 3.05) is 12.4 Å². The Morgan fingerprint density at radius 1 is 0.958 bits per heavy atom. The van der Waals surface area contributed by atoms with Crippen LogP contribution in [0.5, 0.6) is 0 Å². The van der Waals surface area contributed by atoms with Gasteiger partial charge in [0.2, 0.25) is 0 Å². The van der Waals surface area contributed by atoms with Crippen LogP contribution in [-0.4, -0.2) is 12.2 Å². The van der Waals surface area contributed by atoms with Crippen molar-refractivity contribution in [3.63, 3.8) is 0 Å². The van der Waals surface area contributed by atoms with Crippen molar-refractivity contribution in [2.24, 2.45) is 0 Å². The van der Waals surface area contributed by atoms with Crippen LogP contribution in [0, 0.1) is 6.92 Å². The van der Waals surface area contributed by atoms with Gasteiger partial charge in [-0.2, -0.15) is 0 Å². The molecule has 0 aromatic heterocycles. The summed E-state index contributed by atoms with van der Waals surface area (Å²) in [7, 11) is 1.95. The van der Waals surface area contributed by atoms with Gasteiger partial charge < -0.3 is 10.4 Å². The van der Waals surface area contributed by atoms with Crippen molar-refractivity contribution in [1.29, 1.82) is 0 Å². The number of nitrogens with one attached hydrogen (secondary N) is 1. The Kier molecular flexibility index (Phi) is 6.06. The minimum atomic E-state index is -0.719. The Balaban J connectivity index is 2.59. The average molecular weight is 325 g/mol. The van der Waals surface area contributed by atoms with Crippen molar-refractivity contribution >= 4 is 5.69 Å². The van der Waals surface area contributed by atoms with Crippen molar-refractivity contribution < 1.29 is 5.11 Å². The summed E-state index contributed by atoms with van der Waals surface area (Å²) in [5, 5.41) is 14.1. The van der Waals surface area contributed by atoms with Crippen molar-refractivity contribution in [3.05, 3.63) is 53.1 Å². The molecule has 0 bridgehead atoms. The predicted molar refractivity (Wildman–Crippen MR) is 105 cm³/mol. The van der Waals surface area contributed by atoms with Gasteiger partial charge in [-0.15, -0.1) is 0 Å². The normalized spacial score (nSPS) is 11.6. The molecule has 2 aromatic carbocycles. The van der Waals surface area contributed by atoms with Gasteiger partial charge in [0.05, 0.1) is 5.60 Å². The molecule has 0 radical (unpaired) electrons. The second kappa shape index (κ2) is 7.85. The zero-order chi connectivity index (χ0) is 17.7. The molecular weight excluding hydrogens is 294 g/mol. The van der Waals surface area contributed by atoms with Crippen LogP contribution in [0.4, 0.5) is 5.69 Å². The van der Waals surface area contributed by atoms with E-state index >= 15 is 0 Å². The van der Waals surface area contributed by atoms with Crippen molar-refractivity contribution in [1.82, 2.24) is 0 Å². The lowest BCUT2D eigenvalue weighted by molar-refractivity contribution is 0.0283. The zero-order valence-electron chi connectivity index (χ0n) is 15.7. The Morgan fingerprint density at radius 3 is 2.25 bits per heavy atom. The minimum absolute atomic E-state index is 0.719. The van der Waals surface area contributed by atoms with Crippen LogP contribution in [0.15, 0.2) is 36.4 Å². The largest absolute Gasteiger partial charge is 0.388 e. The number of rotatable bonds is 7. The smallest absolute Gasteiger partial charge is 0.0891 e. The molecule has 2 heteroatoms. The lowest BCUT2D eigenvalue weighted by Crippen LogP contribution is -2.23. The van der Waals surface area contributed by atoms with Gasteiger partial charge in [-0.05, 0) is 66.1 Å². The molecule has 0 unspecified atom stereocenters. The molecule has 2 aromatic rings. The number of aryl methyl sites for hydroxylation is 2. The third-order valence-corrected chi connectivity index (χ3v) is 5.15. The minimum Gasteiger partial charge on any atom is -0.388 e. The number of hydrogen-bond acceptors (Lipinski definition) is 2. The maximum atomic E-state index is 10.9. The van der Waals surface area contributed by atoms with E-state index in [-0.39, 0.29) is 0 Å². The van der Waals surface area contributed by atoms with Gasteiger partial charge >= 0.3 is 0 Å².